The summed E-state index contributed by atoms with van der Waals surface area (Å²) in [6.45, 7) is 0.573. The molecule has 0 spiro atoms. The highest BCUT2D eigenvalue weighted by Gasteiger charge is 2.36. The molecule has 1 heterocycles. The molecule has 5 nitrogen and oxygen atoms in total. The van der Waals surface area contributed by atoms with E-state index in [2.05, 4.69) is 5.32 Å². The maximum absolute atomic E-state index is 13.3. The summed E-state index contributed by atoms with van der Waals surface area (Å²) in [5.74, 6) is -0.944. The average Bonchev–Trinajstić information content (AvgIpc) is 3.07. The number of nitriles is 1. The Kier molecular flexibility index (Phi) is 5.83. The molecule has 1 aliphatic rings. The van der Waals surface area contributed by atoms with Gasteiger partial charge >= 0.3 is 0 Å². The van der Waals surface area contributed by atoms with Gasteiger partial charge in [-0.3, -0.25) is 9.59 Å². The lowest BCUT2D eigenvalue weighted by molar-refractivity contribution is -0.118. The maximum atomic E-state index is 13.3. The van der Waals surface area contributed by atoms with Crippen LogP contribution in [0.1, 0.15) is 16.7 Å². The Labute approximate surface area is 185 Å². The van der Waals surface area contributed by atoms with Crippen molar-refractivity contribution in [3.63, 3.8) is 0 Å². The Balaban J connectivity index is 1.66. The van der Waals surface area contributed by atoms with Gasteiger partial charge < -0.3 is 10.2 Å². The number of anilines is 1. The highest BCUT2D eigenvalue weighted by molar-refractivity contribution is 6.37. The predicted octanol–water partition coefficient (Wildman–Crippen LogP) is 4.48. The van der Waals surface area contributed by atoms with Crippen molar-refractivity contribution >= 4 is 34.7 Å². The summed E-state index contributed by atoms with van der Waals surface area (Å²) in [4.78, 5) is 27.7. The zero-order chi connectivity index (χ0) is 21.8. The van der Waals surface area contributed by atoms with Crippen LogP contribution < -0.4 is 10.2 Å². The Morgan fingerprint density at radius 2 is 1.61 bits per heavy atom. The molecule has 152 valence electrons. The smallest absolute Gasteiger partial charge is 0.263 e. The van der Waals surface area contributed by atoms with Crippen LogP contribution in [0, 0.1) is 11.3 Å². The molecule has 1 N–H and O–H groups in total. The number of para-hydroxylation sites is 1. The molecule has 0 saturated heterocycles. The SMILES string of the molecule is N#C/C(C(=O)NCc1ccccc1)=C1\C(=O)N(Cc2ccc(Cl)cc2)c2ccccc21. The van der Waals surface area contributed by atoms with Crippen molar-refractivity contribution < 1.29 is 9.59 Å². The molecule has 3 aromatic carbocycles. The van der Waals surface area contributed by atoms with Gasteiger partial charge in [-0.1, -0.05) is 72.3 Å². The molecule has 2 amide bonds. The van der Waals surface area contributed by atoms with Gasteiger partial charge in [0.2, 0.25) is 0 Å². The number of carbonyl (C=O) groups is 2. The van der Waals surface area contributed by atoms with Crippen LogP contribution in [0.25, 0.3) is 5.57 Å². The molecule has 0 aliphatic carbocycles. The van der Waals surface area contributed by atoms with Crippen molar-refractivity contribution in [3.8, 4) is 6.07 Å². The molecule has 0 atom stereocenters. The van der Waals surface area contributed by atoms with E-state index in [4.69, 9.17) is 11.6 Å². The Hall–Kier alpha value is -3.88. The van der Waals surface area contributed by atoms with Crippen LogP contribution >= 0.6 is 11.6 Å². The van der Waals surface area contributed by atoms with Crippen molar-refractivity contribution in [2.24, 2.45) is 0 Å². The summed E-state index contributed by atoms with van der Waals surface area (Å²) in [7, 11) is 0. The van der Waals surface area contributed by atoms with Crippen molar-refractivity contribution in [2.75, 3.05) is 4.90 Å². The second kappa shape index (κ2) is 8.86. The average molecular weight is 428 g/mol. The maximum Gasteiger partial charge on any atom is 0.263 e. The minimum atomic E-state index is -0.571. The minimum Gasteiger partial charge on any atom is -0.347 e. The lowest BCUT2D eigenvalue weighted by Gasteiger charge is -2.17. The molecule has 0 radical (unpaired) electrons. The van der Waals surface area contributed by atoms with E-state index in [-0.39, 0.29) is 23.6 Å². The minimum absolute atomic E-state index is 0.123. The number of hydrogen-bond acceptors (Lipinski definition) is 3. The van der Waals surface area contributed by atoms with Gasteiger partial charge in [-0.05, 0) is 29.3 Å². The molecule has 0 aromatic heterocycles. The lowest BCUT2D eigenvalue weighted by atomic mass is 10.0. The molecule has 0 unspecified atom stereocenters. The number of benzene rings is 3. The molecule has 0 bridgehead atoms. The number of halogens is 1. The monoisotopic (exact) mass is 427 g/mol. The molecular weight excluding hydrogens is 410 g/mol. The van der Waals surface area contributed by atoms with Crippen LogP contribution in [0.5, 0.6) is 0 Å². The number of nitrogens with zero attached hydrogens (tertiary/aromatic N) is 2. The number of rotatable bonds is 5. The Morgan fingerprint density at radius 3 is 2.32 bits per heavy atom. The first-order valence-corrected chi connectivity index (χ1v) is 10.1. The zero-order valence-electron chi connectivity index (χ0n) is 16.5. The number of nitrogens with one attached hydrogen (secondary N) is 1. The fourth-order valence-corrected chi connectivity index (χ4v) is 3.66. The highest BCUT2D eigenvalue weighted by Crippen LogP contribution is 2.39. The topological polar surface area (TPSA) is 73.2 Å². The predicted molar refractivity (Wildman–Crippen MR) is 120 cm³/mol. The highest BCUT2D eigenvalue weighted by atomic mass is 35.5. The van der Waals surface area contributed by atoms with Gasteiger partial charge in [0.05, 0.1) is 17.8 Å². The van der Waals surface area contributed by atoms with Crippen LogP contribution in [0.15, 0.2) is 84.4 Å². The third-order valence-electron chi connectivity index (χ3n) is 5.06. The van der Waals surface area contributed by atoms with E-state index in [1.54, 1.807) is 29.2 Å². The number of fused-ring (bicyclic) bond motifs is 1. The summed E-state index contributed by atoms with van der Waals surface area (Å²) in [5, 5.41) is 13.1. The second-order valence-corrected chi connectivity index (χ2v) is 7.50. The van der Waals surface area contributed by atoms with Crippen LogP contribution in [0.4, 0.5) is 5.69 Å². The number of amides is 2. The summed E-state index contributed by atoms with van der Waals surface area (Å²) in [6.07, 6.45) is 0. The summed E-state index contributed by atoms with van der Waals surface area (Å²) >= 11 is 5.96. The summed E-state index contributed by atoms with van der Waals surface area (Å²) in [5.41, 5.74) is 2.97. The largest absolute Gasteiger partial charge is 0.347 e. The fraction of sp³-hybridized carbons (Fsp3) is 0.0800. The molecule has 1 aliphatic heterocycles. The summed E-state index contributed by atoms with van der Waals surface area (Å²) in [6, 6.07) is 25.7. The van der Waals surface area contributed by atoms with E-state index in [1.807, 2.05) is 60.7 Å². The first-order chi connectivity index (χ1) is 15.1. The molecular formula is C25H18ClN3O2. The van der Waals surface area contributed by atoms with E-state index < -0.39 is 5.91 Å². The molecule has 4 rings (SSSR count). The standard InChI is InChI=1S/C25H18ClN3O2/c26-19-12-10-18(11-13-19)16-29-22-9-5-4-8-20(22)23(25(29)31)21(14-27)24(30)28-15-17-6-2-1-3-7-17/h1-13H,15-16H2,(H,28,30)/b23-21+. The van der Waals surface area contributed by atoms with Gasteiger partial charge in [-0.2, -0.15) is 5.26 Å². The van der Waals surface area contributed by atoms with Gasteiger partial charge in [0.15, 0.2) is 0 Å². The van der Waals surface area contributed by atoms with Crippen molar-refractivity contribution in [1.82, 2.24) is 5.32 Å². The third-order valence-corrected chi connectivity index (χ3v) is 5.31. The van der Waals surface area contributed by atoms with Crippen molar-refractivity contribution in [3.05, 3.63) is 106 Å². The Morgan fingerprint density at radius 1 is 0.935 bits per heavy atom. The van der Waals surface area contributed by atoms with E-state index in [0.717, 1.165) is 11.1 Å². The van der Waals surface area contributed by atoms with Crippen molar-refractivity contribution in [2.45, 2.75) is 13.1 Å². The van der Waals surface area contributed by atoms with Gasteiger partial charge in [0.25, 0.3) is 11.8 Å². The molecule has 6 heteroatoms. The molecule has 3 aromatic rings. The fourth-order valence-electron chi connectivity index (χ4n) is 3.54. The normalized spacial score (nSPS) is 14.1. The molecule has 31 heavy (non-hydrogen) atoms. The van der Waals surface area contributed by atoms with E-state index in [1.165, 1.54) is 0 Å². The first kappa shape index (κ1) is 20.4. The van der Waals surface area contributed by atoms with Crippen LogP contribution in [0.2, 0.25) is 5.02 Å². The second-order valence-electron chi connectivity index (χ2n) is 7.06. The first-order valence-electron chi connectivity index (χ1n) is 9.70. The van der Waals surface area contributed by atoms with E-state index >= 15 is 0 Å². The molecule has 0 fully saturated rings. The van der Waals surface area contributed by atoms with E-state index in [9.17, 15) is 14.9 Å². The van der Waals surface area contributed by atoms with Gasteiger partial charge in [0, 0.05) is 17.1 Å². The third kappa shape index (κ3) is 4.20. The lowest BCUT2D eigenvalue weighted by Crippen LogP contribution is -2.29. The van der Waals surface area contributed by atoms with Gasteiger partial charge in [-0.15, -0.1) is 0 Å². The molecule has 0 saturated carbocycles. The van der Waals surface area contributed by atoms with Gasteiger partial charge in [-0.25, -0.2) is 0 Å². The van der Waals surface area contributed by atoms with Gasteiger partial charge in [0.1, 0.15) is 11.6 Å². The number of carbonyl (C=O) groups excluding carboxylic acids is 2. The zero-order valence-corrected chi connectivity index (χ0v) is 17.3. The number of hydrogen-bond donors (Lipinski definition) is 1. The van der Waals surface area contributed by atoms with Crippen LogP contribution in [0.3, 0.4) is 0 Å². The summed E-state index contributed by atoms with van der Waals surface area (Å²) < 4.78 is 0. The van der Waals surface area contributed by atoms with Crippen molar-refractivity contribution in [1.29, 1.82) is 5.26 Å². The quantitative estimate of drug-likeness (QED) is 0.482. The van der Waals surface area contributed by atoms with Crippen LogP contribution in [-0.2, 0) is 22.7 Å². The van der Waals surface area contributed by atoms with E-state index in [0.29, 0.717) is 22.8 Å². The Bertz CT molecular complexity index is 1210. The van der Waals surface area contributed by atoms with Crippen LogP contribution in [-0.4, -0.2) is 11.8 Å².